The second-order valence-electron chi connectivity index (χ2n) is 30.3. The summed E-state index contributed by atoms with van der Waals surface area (Å²) < 4.78 is 116. The molecule has 0 aliphatic rings. The van der Waals surface area contributed by atoms with Crippen molar-refractivity contribution in [3.8, 4) is 45.6 Å². The number of carbonyl (C=O) groups excluding carboxylic acids is 8. The SMILES string of the molecule is CC(C)(C)OC(=O)NCc1cccc(-c2nc(C(=O)O)c3cccn3n2)c1F.CCOC(=O)Cc1cscc1N.CCOC(=O)Cc1cscc1NC(=O)c1nc(-c2cccc(CC)c2F)nn2cccc12.CCOC(=O)Cc1cscc1NC(=O)c1nc(-c2cccc(CN)c2F)nn2cccc12.NCc1cccc(-c2nc(C(=O)Nc3cscc3CC(=O)O)c3cccn3n2)c1F.O=CC(F)(F)F.[Li+].[OH-]. The van der Waals surface area contributed by atoms with Gasteiger partial charge in [-0.2, -0.15) is 13.2 Å². The monoisotopic (exact) mass is 2020 g/mol. The molecule has 0 saturated carbocycles. The van der Waals surface area contributed by atoms with Gasteiger partial charge in [-0.25, -0.2) is 65.1 Å². The van der Waals surface area contributed by atoms with E-state index in [1.165, 1.54) is 87.7 Å². The summed E-state index contributed by atoms with van der Waals surface area (Å²) in [5, 5.41) is 60.5. The number of halogens is 7. The van der Waals surface area contributed by atoms with Crippen LogP contribution in [0, 0.1) is 23.3 Å². The molecule has 36 nitrogen and oxygen atoms in total. The first-order chi connectivity index (χ1) is 66.9. The number of carbonyl (C=O) groups is 10. The normalized spacial score (nSPS) is 10.8. The molecule has 0 saturated heterocycles. The van der Waals surface area contributed by atoms with Gasteiger partial charge in [0.05, 0.1) is 107 Å². The number of anilines is 4. The van der Waals surface area contributed by atoms with Crippen LogP contribution in [0.2, 0.25) is 0 Å². The van der Waals surface area contributed by atoms with Crippen LogP contribution in [0.1, 0.15) is 135 Å². The number of carboxylic acids is 2. The number of fused-ring (bicyclic) bond motifs is 4. The van der Waals surface area contributed by atoms with Gasteiger partial charge in [-0.15, -0.1) is 65.7 Å². The maximum atomic E-state index is 15.0. The minimum absolute atomic E-state index is 0. The van der Waals surface area contributed by atoms with Crippen molar-refractivity contribution in [2.45, 2.75) is 112 Å². The second-order valence-corrected chi connectivity index (χ2v) is 33.3. The number of aliphatic carboxylic acids is 1. The van der Waals surface area contributed by atoms with Crippen molar-refractivity contribution in [1.29, 1.82) is 0 Å². The maximum Gasteiger partial charge on any atom is 1.00 e. The van der Waals surface area contributed by atoms with Crippen molar-refractivity contribution < 1.29 is 132 Å². The molecule has 0 radical (unpaired) electrons. The maximum absolute atomic E-state index is 15.0. The van der Waals surface area contributed by atoms with Gasteiger partial charge in [0, 0.05) is 88.3 Å². The zero-order chi connectivity index (χ0) is 101. The van der Waals surface area contributed by atoms with Crippen LogP contribution >= 0.6 is 45.3 Å². The van der Waals surface area contributed by atoms with E-state index in [0.717, 1.165) is 5.56 Å². The summed E-state index contributed by atoms with van der Waals surface area (Å²) in [6, 6.07) is 32.5. The largest absolute Gasteiger partial charge is 1.00 e. The van der Waals surface area contributed by atoms with Gasteiger partial charge < -0.3 is 73.1 Å². The van der Waals surface area contributed by atoms with Crippen molar-refractivity contribution in [1.82, 2.24) is 63.7 Å². The van der Waals surface area contributed by atoms with Crippen molar-refractivity contribution in [3.05, 3.63) is 280 Å². The van der Waals surface area contributed by atoms with E-state index in [1.54, 1.807) is 196 Å². The zero-order valence-corrected chi connectivity index (χ0v) is 80.0. The summed E-state index contributed by atoms with van der Waals surface area (Å²) in [5.74, 6) is -6.73. The van der Waals surface area contributed by atoms with Crippen LogP contribution in [0.4, 0.5) is 58.3 Å². The number of hydrogen-bond donors (Lipinski definition) is 9. The molecule has 16 aromatic rings. The van der Waals surface area contributed by atoms with E-state index in [0.29, 0.717) is 91.2 Å². The van der Waals surface area contributed by atoms with Crippen LogP contribution in [0.25, 0.3) is 67.6 Å². The van der Waals surface area contributed by atoms with Crippen molar-refractivity contribution >= 4 is 150 Å². The first-order valence-electron chi connectivity index (χ1n) is 42.2. The fraction of sp³-hybridized carbons (Fsp3) is 0.213. The number of benzene rings is 4. The number of nitrogens with zero attached hydrogens (tertiary/aromatic N) is 12. The number of aryl methyl sites for hydroxylation is 1. The number of carboxylic acid groups (broad SMARTS) is 2. The van der Waals surface area contributed by atoms with E-state index in [2.05, 4.69) is 61.6 Å². The van der Waals surface area contributed by atoms with Crippen LogP contribution in [0.5, 0.6) is 0 Å². The van der Waals surface area contributed by atoms with Gasteiger partial charge in [-0.3, -0.25) is 38.4 Å². The molecular formula is C94H89F7LiN19O17S4. The molecule has 0 unspecified atom stereocenters. The number of alkyl halides is 3. The Kier molecular flexibility index (Phi) is 39.6. The number of rotatable bonds is 27. The van der Waals surface area contributed by atoms with Gasteiger partial charge in [-0.1, -0.05) is 55.5 Å². The fourth-order valence-electron chi connectivity index (χ4n) is 13.1. The third-order valence-electron chi connectivity index (χ3n) is 19.5. The predicted molar refractivity (Wildman–Crippen MR) is 511 cm³/mol. The number of ether oxygens (including phenoxy) is 4. The Bertz CT molecular complexity index is 7020. The molecule has 0 fully saturated rings. The number of thiophene rings is 4. The van der Waals surface area contributed by atoms with E-state index in [1.807, 2.05) is 17.7 Å². The summed E-state index contributed by atoms with van der Waals surface area (Å²) in [6.07, 6.45) is 0.824. The summed E-state index contributed by atoms with van der Waals surface area (Å²) in [5.41, 5.74) is 24.4. The van der Waals surface area contributed by atoms with Crippen LogP contribution in [-0.4, -0.2) is 166 Å². The molecule has 12 heterocycles. The number of nitrogen functional groups attached to an aromatic ring is 1. The van der Waals surface area contributed by atoms with Gasteiger partial charge in [0.15, 0.2) is 46.1 Å². The zero-order valence-electron chi connectivity index (χ0n) is 76.8. The van der Waals surface area contributed by atoms with Gasteiger partial charge in [-0.05, 0) is 170 Å². The molecule has 13 N–H and O–H groups in total. The fourth-order valence-corrected chi connectivity index (χ4v) is 16.2. The number of esters is 3. The molecule has 4 aromatic carbocycles. The van der Waals surface area contributed by atoms with Gasteiger partial charge >= 0.3 is 61.0 Å². The molecule has 0 aliphatic heterocycles. The number of nitrogens with one attached hydrogen (secondary N) is 4. The van der Waals surface area contributed by atoms with Crippen molar-refractivity contribution in [3.63, 3.8) is 0 Å². The number of nitrogens with two attached hydrogens (primary N) is 3. The Balaban J connectivity index is 0.000000198. The molecule has 736 valence electrons. The smallest absolute Gasteiger partial charge is 0.870 e. The Hall–Kier alpha value is -15.4. The molecule has 12 aromatic heterocycles. The standard InChI is InChI=1S/C23H21FN4O3S.C22H20FN5O3S.C20H16FN5O3S.C19H19FN4O4.C8H11NO2S.C2HF3O.Li.H2O/c1-3-14-7-5-8-16(20(14)24)22-26-21(18-9-6-10-28(18)27-22)23(30)25-17-13-32-12-15(17)11-19(29)31-4-2;1-2-31-18(29)9-14-11-32-12-16(14)25-22(30)20-17-7-4-8-28(17)27-21(26-20)15-6-3-5-13(10-24)19(15)23;21-17-11(8-22)3-1-4-13(17)19-24-18(15-5-2-6-26(15)25-19)20(29)23-14-10-30-9-12(14)7-16(27)28;1-19(2,3)28-18(27)21-10-11-6-4-7-12(14(11)20)16-22-15(17(25)26)13-8-5-9-24(13)23-16;1-2-11-8(10)3-6-4-12-5-7(6)9;3-2(4,5)1-6;;/h5-10,12-13H,3-4,11H2,1-2H3,(H,25,30);3-8,11-12H,2,9-10,24H2,1H3,(H,25,30);1-6,9-10H,7-8,22H2,(H,23,29)(H,27,28);4-9H,10H2,1-3H3,(H,21,27)(H,25,26);4-5H,2-3,9H2,1H3;1H;;1H2/q;;;;;;+1;/p-1. The average Bonchev–Trinajstić information content (AvgIpc) is 1.47. The molecule has 4 amide bonds. The minimum atomic E-state index is -4.64. The van der Waals surface area contributed by atoms with E-state index >= 15 is 0 Å². The molecule has 0 spiro atoms. The van der Waals surface area contributed by atoms with E-state index < -0.39 is 77.1 Å². The van der Waals surface area contributed by atoms with Gasteiger partial charge in [0.2, 0.25) is 6.29 Å². The Morgan fingerprint density at radius 3 is 1.04 bits per heavy atom. The molecule has 48 heteroatoms. The summed E-state index contributed by atoms with van der Waals surface area (Å²) >= 11 is 5.49. The number of aromatic carboxylic acids is 1. The molecule has 0 bridgehead atoms. The first kappa shape index (κ1) is 110. The molecular weight excluding hydrogens is 1940 g/mol. The summed E-state index contributed by atoms with van der Waals surface area (Å²) in [4.78, 5) is 134. The minimum Gasteiger partial charge on any atom is -0.870 e. The number of amides is 4. The van der Waals surface area contributed by atoms with Crippen LogP contribution in [0.3, 0.4) is 0 Å². The summed E-state index contributed by atoms with van der Waals surface area (Å²) in [6.45, 7) is 13.2. The van der Waals surface area contributed by atoms with Gasteiger partial charge in [0.1, 0.15) is 28.9 Å². The van der Waals surface area contributed by atoms with Gasteiger partial charge in [0.25, 0.3) is 17.7 Å². The van der Waals surface area contributed by atoms with Crippen LogP contribution < -0.4 is 57.3 Å². The molecule has 0 aliphatic carbocycles. The third kappa shape index (κ3) is 28.9. The number of aromatic nitrogens is 12. The molecule has 142 heavy (non-hydrogen) atoms. The van der Waals surface area contributed by atoms with E-state index in [4.69, 9.17) is 46.0 Å². The van der Waals surface area contributed by atoms with Crippen LogP contribution in [0.15, 0.2) is 189 Å². The number of alkyl carbamates (subject to hydrolysis) is 1. The Morgan fingerprint density at radius 2 is 0.725 bits per heavy atom. The number of aldehydes is 1. The molecule has 16 rings (SSSR count). The third-order valence-corrected chi connectivity index (χ3v) is 22.7. The van der Waals surface area contributed by atoms with E-state index in [9.17, 15) is 79.0 Å². The number of hydrogen-bond acceptors (Lipinski definition) is 30. The van der Waals surface area contributed by atoms with Crippen molar-refractivity contribution in [2.24, 2.45) is 11.5 Å². The predicted octanol–water partition coefficient (Wildman–Crippen LogP) is 13.1. The topological polar surface area (TPSA) is 525 Å². The van der Waals surface area contributed by atoms with Crippen LogP contribution in [-0.2, 0) is 94.7 Å². The summed E-state index contributed by atoms with van der Waals surface area (Å²) in [7, 11) is 0. The average molecular weight is 2030 g/mol. The molecule has 0 atom stereocenters. The Morgan fingerprint density at radius 1 is 0.423 bits per heavy atom. The second kappa shape index (κ2) is 51.0. The van der Waals surface area contributed by atoms with Crippen molar-refractivity contribution in [2.75, 3.05) is 41.5 Å². The first-order valence-corrected chi connectivity index (χ1v) is 46.0. The van der Waals surface area contributed by atoms with E-state index in [-0.39, 0.29) is 175 Å². The quantitative estimate of drug-likeness (QED) is 0.00759. The Labute approximate surface area is 831 Å².